The lowest BCUT2D eigenvalue weighted by Gasteiger charge is -2.44. The smallest absolute Gasteiger partial charge is 0.238 e. The topological polar surface area (TPSA) is 129 Å². The maximum absolute atomic E-state index is 14.6. The number of morpholine rings is 2. The molecule has 5 fully saturated rings. The normalized spacial score (nSPS) is 28.5. The van der Waals surface area contributed by atoms with Gasteiger partial charge >= 0.3 is 0 Å². The molecule has 1 saturated carbocycles. The number of rotatable bonds is 6. The Labute approximate surface area is 307 Å². The molecule has 2 aliphatic carbocycles. The summed E-state index contributed by atoms with van der Waals surface area (Å²) in [5.74, 6) is -4.54. The summed E-state index contributed by atoms with van der Waals surface area (Å²) in [5, 5.41) is 10.4. The van der Waals surface area contributed by atoms with Gasteiger partial charge in [-0.2, -0.15) is 0 Å². The molecule has 4 saturated heterocycles. The quantitative estimate of drug-likeness (QED) is 0.294. The van der Waals surface area contributed by atoms with Crippen LogP contribution in [0.4, 0.5) is 22.7 Å². The number of methoxy groups -OCH3 is 1. The van der Waals surface area contributed by atoms with E-state index in [1.807, 2.05) is 54.6 Å². The summed E-state index contributed by atoms with van der Waals surface area (Å²) in [4.78, 5) is 64.7. The third kappa shape index (κ3) is 5.49. The van der Waals surface area contributed by atoms with E-state index in [0.29, 0.717) is 55.5 Å². The van der Waals surface area contributed by atoms with E-state index in [1.54, 1.807) is 12.1 Å². The Balaban J connectivity index is 1.06. The molecule has 3 aromatic rings. The highest BCUT2D eigenvalue weighted by atomic mass is 16.5. The number of amides is 4. The van der Waals surface area contributed by atoms with Gasteiger partial charge < -0.3 is 29.1 Å². The number of phenols is 1. The average molecular weight is 719 g/mol. The number of hydrogen-bond acceptors (Lipinski definition) is 10. The molecule has 0 radical (unpaired) electrons. The maximum atomic E-state index is 14.6. The van der Waals surface area contributed by atoms with Gasteiger partial charge in [0.25, 0.3) is 0 Å². The minimum atomic E-state index is -0.755. The van der Waals surface area contributed by atoms with Crippen LogP contribution in [0.3, 0.4) is 0 Å². The number of anilines is 4. The van der Waals surface area contributed by atoms with Crippen LogP contribution in [0.15, 0.2) is 78.4 Å². The lowest BCUT2D eigenvalue weighted by molar-refractivity contribution is -0.126. The predicted octanol–water partition coefficient (Wildman–Crippen LogP) is 4.12. The largest absolute Gasteiger partial charge is 0.508 e. The van der Waals surface area contributed by atoms with Gasteiger partial charge in [0.2, 0.25) is 23.6 Å². The number of carbonyl (C=O) groups is 4. The lowest BCUT2D eigenvalue weighted by atomic mass is 9.57. The Hall–Kier alpha value is -5.20. The summed E-state index contributed by atoms with van der Waals surface area (Å²) in [7, 11) is 1.51. The van der Waals surface area contributed by atoms with E-state index < -0.39 is 35.5 Å². The lowest BCUT2D eigenvalue weighted by Crippen LogP contribution is -2.43. The van der Waals surface area contributed by atoms with Gasteiger partial charge in [-0.05, 0) is 73.4 Å². The number of carbonyl (C=O) groups excluding carboxylic acids is 4. The third-order valence-electron chi connectivity index (χ3n) is 12.2. The van der Waals surface area contributed by atoms with Crippen molar-refractivity contribution in [2.75, 3.05) is 79.3 Å². The van der Waals surface area contributed by atoms with Crippen molar-refractivity contribution < 1.29 is 38.5 Å². The molecule has 9 rings (SSSR count). The molecular formula is C41H42N4O8. The second-order valence-corrected chi connectivity index (χ2v) is 14.7. The van der Waals surface area contributed by atoms with Crippen molar-refractivity contribution >= 4 is 46.4 Å². The first kappa shape index (κ1) is 33.6. The number of imide groups is 2. The molecule has 12 heteroatoms. The fourth-order valence-electron chi connectivity index (χ4n) is 9.67. The highest BCUT2D eigenvalue weighted by Gasteiger charge is 2.62. The van der Waals surface area contributed by atoms with Gasteiger partial charge in [-0.1, -0.05) is 17.7 Å². The van der Waals surface area contributed by atoms with Crippen molar-refractivity contribution in [3.63, 3.8) is 0 Å². The Morgan fingerprint density at radius 1 is 0.623 bits per heavy atom. The maximum Gasteiger partial charge on any atom is 0.238 e. The Bertz CT molecular complexity index is 1990. The molecule has 3 aromatic carbocycles. The first-order chi connectivity index (χ1) is 25.8. The second-order valence-electron chi connectivity index (χ2n) is 14.7. The minimum Gasteiger partial charge on any atom is -0.508 e. The Kier molecular flexibility index (Phi) is 8.46. The van der Waals surface area contributed by atoms with Gasteiger partial charge in [0, 0.05) is 55.1 Å². The summed E-state index contributed by atoms with van der Waals surface area (Å²) in [6.45, 7) is 5.65. The molecule has 4 amide bonds. The Morgan fingerprint density at radius 2 is 1.13 bits per heavy atom. The molecule has 1 N–H and O–H groups in total. The fraction of sp³-hybridized carbons (Fsp3) is 0.415. The van der Waals surface area contributed by atoms with Crippen molar-refractivity contribution in [3.05, 3.63) is 83.9 Å². The molecule has 0 aromatic heterocycles. The van der Waals surface area contributed by atoms with Gasteiger partial charge in [-0.3, -0.25) is 29.0 Å². The number of hydrogen-bond donors (Lipinski definition) is 1. The fourth-order valence-corrected chi connectivity index (χ4v) is 9.67. The summed E-state index contributed by atoms with van der Waals surface area (Å²) in [5.41, 5.74) is 4.55. The summed E-state index contributed by atoms with van der Waals surface area (Å²) < 4.78 is 16.7. The SMILES string of the molecule is COc1cc(O)ccc1[C@H]1C2=CC[C@@H]3C(=O)N(c4ccc(N5CCOCC5)cc4)C(=O)[C@@H]3[C@@H]2C[C@H]2C(=O)N(c3ccc(N4CCOCC4)cc3)C(=O)[C@@H]12. The van der Waals surface area contributed by atoms with Gasteiger partial charge in [-0.15, -0.1) is 0 Å². The van der Waals surface area contributed by atoms with Crippen LogP contribution in [-0.2, 0) is 28.7 Å². The molecule has 6 aliphatic rings. The molecule has 0 unspecified atom stereocenters. The molecule has 4 heterocycles. The second kappa shape index (κ2) is 13.3. The van der Waals surface area contributed by atoms with E-state index in [0.717, 1.165) is 43.1 Å². The highest BCUT2D eigenvalue weighted by Crippen LogP contribution is 2.59. The molecule has 6 atom stereocenters. The van der Waals surface area contributed by atoms with Gasteiger partial charge in [-0.25, -0.2) is 0 Å². The zero-order valence-electron chi connectivity index (χ0n) is 29.6. The average Bonchev–Trinajstić information content (AvgIpc) is 3.61. The summed E-state index contributed by atoms with van der Waals surface area (Å²) in [6.07, 6.45) is 2.63. The van der Waals surface area contributed by atoms with Crippen LogP contribution in [0, 0.1) is 29.6 Å². The van der Waals surface area contributed by atoms with Gasteiger partial charge in [0.15, 0.2) is 0 Å². The number of benzene rings is 3. The van der Waals surface area contributed by atoms with Crippen molar-refractivity contribution in [2.45, 2.75) is 18.8 Å². The van der Waals surface area contributed by atoms with Crippen LogP contribution in [-0.4, -0.2) is 88.5 Å². The van der Waals surface area contributed by atoms with E-state index in [-0.39, 0.29) is 35.8 Å². The van der Waals surface area contributed by atoms with Crippen LogP contribution in [0.1, 0.15) is 24.3 Å². The monoisotopic (exact) mass is 718 g/mol. The zero-order chi connectivity index (χ0) is 36.4. The molecule has 4 aliphatic heterocycles. The first-order valence-electron chi connectivity index (χ1n) is 18.5. The van der Waals surface area contributed by atoms with Gasteiger partial charge in [0.05, 0.1) is 68.6 Å². The van der Waals surface area contributed by atoms with E-state index in [2.05, 4.69) is 9.80 Å². The molecule has 53 heavy (non-hydrogen) atoms. The Morgan fingerprint density at radius 3 is 1.68 bits per heavy atom. The molecule has 0 bridgehead atoms. The number of phenolic OH excluding ortho intramolecular Hbond substituents is 1. The molecule has 12 nitrogen and oxygen atoms in total. The van der Waals surface area contributed by atoms with Crippen molar-refractivity contribution in [1.29, 1.82) is 0 Å². The first-order valence-corrected chi connectivity index (χ1v) is 18.5. The summed E-state index contributed by atoms with van der Waals surface area (Å²) >= 11 is 0. The van der Waals surface area contributed by atoms with Crippen LogP contribution in [0.2, 0.25) is 0 Å². The standard InChI is InChI=1S/C41H42N4O8/c1-51-34-22-28(46)10-11-30(34)35-29-12-13-31-36(40(49)44(38(31)47)26-6-2-24(3-7-26)42-14-18-52-19-15-42)32(29)23-33-37(35)41(50)45(39(33)48)27-8-4-25(5-9-27)43-16-20-53-21-17-43/h2-12,22,31-33,35-37,46H,13-21,23H2,1H3/t31-,32+,33+,35+,36-,37+/m0/s1. The zero-order valence-corrected chi connectivity index (χ0v) is 29.6. The number of ether oxygens (including phenoxy) is 3. The predicted molar refractivity (Wildman–Crippen MR) is 196 cm³/mol. The van der Waals surface area contributed by atoms with E-state index in [1.165, 1.54) is 23.0 Å². The summed E-state index contributed by atoms with van der Waals surface area (Å²) in [6, 6.07) is 19.8. The minimum absolute atomic E-state index is 0.00912. The van der Waals surface area contributed by atoms with E-state index >= 15 is 0 Å². The van der Waals surface area contributed by atoms with Crippen molar-refractivity contribution in [1.82, 2.24) is 0 Å². The van der Waals surface area contributed by atoms with Crippen LogP contribution in [0.25, 0.3) is 0 Å². The van der Waals surface area contributed by atoms with Crippen molar-refractivity contribution in [2.24, 2.45) is 29.6 Å². The molecule has 274 valence electrons. The van der Waals surface area contributed by atoms with Crippen LogP contribution < -0.4 is 24.3 Å². The highest BCUT2D eigenvalue weighted by molar-refractivity contribution is 6.24. The molecular weight excluding hydrogens is 676 g/mol. The third-order valence-corrected chi connectivity index (χ3v) is 12.2. The number of nitrogens with zero attached hydrogens (tertiary/aromatic N) is 4. The number of fused-ring (bicyclic) bond motifs is 4. The van der Waals surface area contributed by atoms with E-state index in [4.69, 9.17) is 14.2 Å². The number of allylic oxidation sites excluding steroid dienone is 2. The molecule has 0 spiro atoms. The van der Waals surface area contributed by atoms with Gasteiger partial charge in [0.1, 0.15) is 11.5 Å². The van der Waals surface area contributed by atoms with Crippen LogP contribution in [0.5, 0.6) is 11.5 Å². The number of aromatic hydroxyl groups is 1. The van der Waals surface area contributed by atoms with Crippen molar-refractivity contribution in [3.8, 4) is 11.5 Å². The van der Waals surface area contributed by atoms with E-state index in [9.17, 15) is 24.3 Å². The van der Waals surface area contributed by atoms with Crippen LogP contribution >= 0.6 is 0 Å².